The largest absolute Gasteiger partial charge is 0.459 e. The quantitative estimate of drug-likeness (QED) is 0.696. The predicted octanol–water partition coefficient (Wildman–Crippen LogP) is 0.612. The number of carbonyl (C=O) groups is 3. The number of carbonyl (C=O) groups excluding carboxylic acids is 3. The zero-order valence-corrected chi connectivity index (χ0v) is 16.6. The molecule has 1 aromatic heterocycles. The summed E-state index contributed by atoms with van der Waals surface area (Å²) in [5, 5.41) is 2.79. The highest BCUT2D eigenvalue weighted by atomic mass is 16.5. The number of amides is 3. The van der Waals surface area contributed by atoms with E-state index in [9.17, 15) is 14.4 Å². The Balaban J connectivity index is 1.52. The molecule has 9 nitrogen and oxygen atoms in total. The summed E-state index contributed by atoms with van der Waals surface area (Å²) in [5.41, 5.74) is -0.909. The molecule has 158 valence electrons. The van der Waals surface area contributed by atoms with E-state index in [4.69, 9.17) is 13.9 Å². The fraction of sp³-hybridized carbons (Fsp3) is 0.650. The summed E-state index contributed by atoms with van der Waals surface area (Å²) in [6, 6.07) is 2.47. The maximum absolute atomic E-state index is 13.2. The maximum Gasteiger partial charge on any atom is 0.292 e. The van der Waals surface area contributed by atoms with Crippen LogP contribution in [0, 0.1) is 5.92 Å². The predicted molar refractivity (Wildman–Crippen MR) is 101 cm³/mol. The third-order valence-electron chi connectivity index (χ3n) is 5.90. The molecule has 1 spiro atoms. The molecule has 3 aliphatic rings. The molecule has 3 amide bonds. The summed E-state index contributed by atoms with van der Waals surface area (Å²) < 4.78 is 16.4. The first-order valence-corrected chi connectivity index (χ1v) is 10.1. The van der Waals surface area contributed by atoms with Crippen molar-refractivity contribution in [1.29, 1.82) is 0 Å². The zero-order valence-electron chi connectivity index (χ0n) is 16.6. The standard InChI is InChI=1S/C20H27N3O6/c1-27-12-8-21-17(24)15-13-29-20(23(15)19(26)16-3-2-11-28-16)6-9-22(10-7-20)18(25)14-4-5-14/h2-3,11,14-15H,4-10,12-13H2,1H3,(H,21,24). The average molecular weight is 405 g/mol. The van der Waals surface area contributed by atoms with E-state index >= 15 is 0 Å². The van der Waals surface area contributed by atoms with E-state index in [2.05, 4.69) is 5.32 Å². The number of nitrogens with zero attached hydrogens (tertiary/aromatic N) is 2. The van der Waals surface area contributed by atoms with Crippen LogP contribution in [-0.2, 0) is 19.1 Å². The van der Waals surface area contributed by atoms with Crippen LogP contribution < -0.4 is 5.32 Å². The molecule has 0 bridgehead atoms. The smallest absolute Gasteiger partial charge is 0.292 e. The van der Waals surface area contributed by atoms with E-state index in [1.54, 1.807) is 19.2 Å². The molecule has 2 aliphatic heterocycles. The van der Waals surface area contributed by atoms with Crippen LogP contribution >= 0.6 is 0 Å². The van der Waals surface area contributed by atoms with E-state index in [1.807, 2.05) is 4.90 Å². The molecule has 0 aromatic carbocycles. The topological polar surface area (TPSA) is 101 Å². The number of piperidine rings is 1. The summed E-state index contributed by atoms with van der Waals surface area (Å²) in [7, 11) is 1.56. The second-order valence-corrected chi connectivity index (χ2v) is 7.81. The van der Waals surface area contributed by atoms with Crippen LogP contribution in [0.25, 0.3) is 0 Å². The Morgan fingerprint density at radius 1 is 1.28 bits per heavy atom. The maximum atomic E-state index is 13.2. The fourth-order valence-electron chi connectivity index (χ4n) is 4.14. The number of ether oxygens (including phenoxy) is 2. The summed E-state index contributed by atoms with van der Waals surface area (Å²) in [6.45, 7) is 1.87. The SMILES string of the molecule is COCCNC(=O)C1COC2(CCN(C(=O)C3CC3)CC2)N1C(=O)c1ccco1. The highest BCUT2D eigenvalue weighted by Gasteiger charge is 2.55. The van der Waals surface area contributed by atoms with Crippen molar-refractivity contribution in [3.63, 3.8) is 0 Å². The molecule has 1 N–H and O–H groups in total. The molecule has 9 heteroatoms. The molecule has 4 rings (SSSR count). The van der Waals surface area contributed by atoms with Gasteiger partial charge in [0, 0.05) is 45.5 Å². The zero-order chi connectivity index (χ0) is 20.4. The second-order valence-electron chi connectivity index (χ2n) is 7.81. The minimum absolute atomic E-state index is 0.113. The lowest BCUT2D eigenvalue weighted by Gasteiger charge is -2.44. The molecular formula is C20H27N3O6. The number of furan rings is 1. The van der Waals surface area contributed by atoms with E-state index in [1.165, 1.54) is 11.2 Å². The number of hydrogen-bond donors (Lipinski definition) is 1. The molecule has 1 saturated carbocycles. The summed E-state index contributed by atoms with van der Waals surface area (Å²) in [5.74, 6) is -0.137. The second kappa shape index (κ2) is 8.16. The van der Waals surface area contributed by atoms with Crippen LogP contribution in [0.15, 0.2) is 22.8 Å². The highest BCUT2D eigenvalue weighted by Crippen LogP contribution is 2.40. The Morgan fingerprint density at radius 2 is 2.03 bits per heavy atom. The normalized spacial score (nSPS) is 23.4. The summed E-state index contributed by atoms with van der Waals surface area (Å²) >= 11 is 0. The lowest BCUT2D eigenvalue weighted by Crippen LogP contribution is -2.60. The number of nitrogens with one attached hydrogen (secondary N) is 1. The van der Waals surface area contributed by atoms with Gasteiger partial charge in [-0.25, -0.2) is 0 Å². The molecule has 1 aromatic rings. The lowest BCUT2D eigenvalue weighted by atomic mass is 9.97. The molecule has 3 fully saturated rings. The number of rotatable bonds is 6. The summed E-state index contributed by atoms with van der Waals surface area (Å²) in [6.07, 6.45) is 4.30. The Bertz CT molecular complexity index is 752. The van der Waals surface area contributed by atoms with Crippen molar-refractivity contribution >= 4 is 17.7 Å². The first-order valence-electron chi connectivity index (χ1n) is 10.1. The molecule has 1 unspecified atom stereocenters. The van der Waals surface area contributed by atoms with Crippen LogP contribution in [0.1, 0.15) is 36.2 Å². The number of hydrogen-bond acceptors (Lipinski definition) is 6. The van der Waals surface area contributed by atoms with Crippen molar-refractivity contribution in [3.05, 3.63) is 24.2 Å². The molecule has 2 saturated heterocycles. The Hall–Kier alpha value is -2.39. The van der Waals surface area contributed by atoms with Gasteiger partial charge in [-0.15, -0.1) is 0 Å². The molecule has 3 heterocycles. The van der Waals surface area contributed by atoms with Crippen molar-refractivity contribution in [2.75, 3.05) is 40.0 Å². The third kappa shape index (κ3) is 3.89. The molecule has 29 heavy (non-hydrogen) atoms. The van der Waals surface area contributed by atoms with Crippen LogP contribution in [0.3, 0.4) is 0 Å². The number of methoxy groups -OCH3 is 1. The van der Waals surface area contributed by atoms with E-state index in [-0.39, 0.29) is 36.0 Å². The van der Waals surface area contributed by atoms with E-state index in [0.717, 1.165) is 12.8 Å². The van der Waals surface area contributed by atoms with Gasteiger partial charge in [0.2, 0.25) is 11.8 Å². The fourth-order valence-corrected chi connectivity index (χ4v) is 4.14. The van der Waals surface area contributed by atoms with Gasteiger partial charge in [-0.3, -0.25) is 19.3 Å². The average Bonchev–Trinajstić information content (AvgIpc) is 3.31. The first-order chi connectivity index (χ1) is 14.1. The van der Waals surface area contributed by atoms with Gasteiger partial charge >= 0.3 is 0 Å². The van der Waals surface area contributed by atoms with Crippen molar-refractivity contribution in [2.45, 2.75) is 37.5 Å². The molecule has 0 radical (unpaired) electrons. The van der Waals surface area contributed by atoms with Gasteiger partial charge in [0.15, 0.2) is 5.76 Å². The van der Waals surface area contributed by atoms with Crippen molar-refractivity contribution in [1.82, 2.24) is 15.1 Å². The minimum Gasteiger partial charge on any atom is -0.459 e. The Labute approximate surface area is 169 Å². The van der Waals surface area contributed by atoms with Crippen LogP contribution in [0.5, 0.6) is 0 Å². The van der Waals surface area contributed by atoms with Crippen molar-refractivity contribution < 1.29 is 28.3 Å². The lowest BCUT2D eigenvalue weighted by molar-refractivity contribution is -0.144. The van der Waals surface area contributed by atoms with Gasteiger partial charge in [0.1, 0.15) is 11.8 Å². The molecular weight excluding hydrogens is 378 g/mol. The van der Waals surface area contributed by atoms with E-state index < -0.39 is 11.8 Å². The van der Waals surface area contributed by atoms with Crippen molar-refractivity contribution in [2.24, 2.45) is 5.92 Å². The Morgan fingerprint density at radius 3 is 2.66 bits per heavy atom. The summed E-state index contributed by atoms with van der Waals surface area (Å²) in [4.78, 5) is 41.8. The Kier molecular flexibility index (Phi) is 5.60. The molecule has 1 atom stereocenters. The van der Waals surface area contributed by atoms with E-state index in [0.29, 0.717) is 39.1 Å². The first kappa shape index (κ1) is 19.9. The number of likely N-dealkylation sites (tertiary alicyclic amines) is 1. The van der Waals surface area contributed by atoms with Crippen LogP contribution in [0.2, 0.25) is 0 Å². The monoisotopic (exact) mass is 405 g/mol. The van der Waals surface area contributed by atoms with Gasteiger partial charge < -0.3 is 24.1 Å². The van der Waals surface area contributed by atoms with Gasteiger partial charge in [-0.1, -0.05) is 0 Å². The molecule has 1 aliphatic carbocycles. The third-order valence-corrected chi connectivity index (χ3v) is 5.90. The highest BCUT2D eigenvalue weighted by molar-refractivity contribution is 5.96. The van der Waals surface area contributed by atoms with Gasteiger partial charge in [-0.2, -0.15) is 0 Å². The van der Waals surface area contributed by atoms with Crippen LogP contribution in [-0.4, -0.2) is 79.2 Å². The van der Waals surface area contributed by atoms with Crippen LogP contribution in [0.4, 0.5) is 0 Å². The van der Waals surface area contributed by atoms with Gasteiger partial charge in [-0.05, 0) is 25.0 Å². The van der Waals surface area contributed by atoms with Crippen molar-refractivity contribution in [3.8, 4) is 0 Å². The minimum atomic E-state index is -0.909. The van der Waals surface area contributed by atoms with Gasteiger partial charge in [0.25, 0.3) is 5.91 Å². The van der Waals surface area contributed by atoms with Gasteiger partial charge in [0.05, 0.1) is 19.5 Å².